The Morgan fingerprint density at radius 2 is 1.63 bits per heavy atom. The van der Waals surface area contributed by atoms with Crippen LogP contribution in [0.25, 0.3) is 12.2 Å². The zero-order valence-corrected chi connectivity index (χ0v) is 16.5. The Bertz CT molecular complexity index is 1200. The van der Waals surface area contributed by atoms with Crippen LogP contribution >= 0.6 is 11.8 Å². The first-order valence-corrected chi connectivity index (χ1v) is 9.75. The number of nitrogens with one attached hydrogen (secondary N) is 3. The van der Waals surface area contributed by atoms with Crippen LogP contribution in [0.3, 0.4) is 0 Å². The number of nitrogens with zero attached hydrogens (tertiary/aromatic N) is 1. The second kappa shape index (κ2) is 7.44. The molecule has 0 radical (unpaired) electrons. The highest BCUT2D eigenvalue weighted by molar-refractivity contribution is 7.98. The minimum atomic E-state index is -0.370. The third kappa shape index (κ3) is 4.14. The maximum absolute atomic E-state index is 12.5. The van der Waals surface area contributed by atoms with Gasteiger partial charge >= 0.3 is 0 Å². The van der Waals surface area contributed by atoms with E-state index < -0.39 is 0 Å². The molecule has 3 N–H and O–H groups in total. The highest BCUT2D eigenvalue weighted by Crippen LogP contribution is 2.22. The van der Waals surface area contributed by atoms with Gasteiger partial charge in [-0.25, -0.2) is 4.98 Å². The second-order valence-electron chi connectivity index (χ2n) is 7.18. The lowest BCUT2D eigenvalue weighted by molar-refractivity contribution is 0.571. The summed E-state index contributed by atoms with van der Waals surface area (Å²) in [6.45, 7) is 6.14. The fourth-order valence-corrected chi connectivity index (χ4v) is 3.37. The van der Waals surface area contributed by atoms with Crippen molar-refractivity contribution in [3.05, 3.63) is 78.9 Å². The summed E-state index contributed by atoms with van der Waals surface area (Å²) in [6, 6.07) is 7.70. The largest absolute Gasteiger partial charge is 0.348 e. The summed E-state index contributed by atoms with van der Waals surface area (Å²) >= 11 is 1.58. The quantitative estimate of drug-likeness (QED) is 0.598. The Kier molecular flexibility index (Phi) is 5.23. The predicted molar refractivity (Wildman–Crippen MR) is 110 cm³/mol. The summed E-state index contributed by atoms with van der Waals surface area (Å²) < 4.78 is 0. The van der Waals surface area contributed by atoms with Crippen LogP contribution in [0.15, 0.2) is 45.1 Å². The molecule has 0 saturated heterocycles. The fourth-order valence-electron chi connectivity index (χ4n) is 2.79. The molecule has 0 unspecified atom stereocenters. The molecule has 0 saturated carbocycles. The van der Waals surface area contributed by atoms with E-state index in [0.29, 0.717) is 5.69 Å². The van der Waals surface area contributed by atoms with E-state index in [2.05, 4.69) is 19.9 Å². The normalized spacial score (nSPS) is 13.3. The summed E-state index contributed by atoms with van der Waals surface area (Å²) in [6.07, 6.45) is 6.83. The van der Waals surface area contributed by atoms with Crippen LogP contribution in [0, 0.1) is 0 Å². The van der Waals surface area contributed by atoms with Crippen molar-refractivity contribution in [2.45, 2.75) is 31.1 Å². The molecular weight excluding hydrogens is 360 g/mol. The molecule has 0 fully saturated rings. The number of H-pyrrole nitrogens is 3. The predicted octanol–water partition coefficient (Wildman–Crippen LogP) is 1.46. The first-order chi connectivity index (χ1) is 12.8. The lowest BCUT2D eigenvalue weighted by atomic mass is 9.90. The molecule has 140 valence electrons. The Morgan fingerprint density at radius 3 is 2.26 bits per heavy atom. The highest BCUT2D eigenvalue weighted by atomic mass is 32.2. The van der Waals surface area contributed by atoms with Gasteiger partial charge in [-0.05, 0) is 30.0 Å². The van der Waals surface area contributed by atoms with E-state index in [0.717, 1.165) is 16.2 Å². The highest BCUT2D eigenvalue weighted by Gasteiger charge is 2.19. The van der Waals surface area contributed by atoms with Gasteiger partial charge in [0, 0.05) is 16.0 Å². The molecule has 7 heteroatoms. The third-order valence-electron chi connectivity index (χ3n) is 4.12. The maximum atomic E-state index is 12.5. The smallest absolute Gasteiger partial charge is 0.272 e. The van der Waals surface area contributed by atoms with Gasteiger partial charge in [0.25, 0.3) is 11.1 Å². The molecule has 0 spiro atoms. The van der Waals surface area contributed by atoms with Gasteiger partial charge in [-0.2, -0.15) is 0 Å². The van der Waals surface area contributed by atoms with Crippen LogP contribution in [0.2, 0.25) is 0 Å². The van der Waals surface area contributed by atoms with Crippen molar-refractivity contribution in [3.8, 4) is 0 Å². The van der Waals surface area contributed by atoms with Gasteiger partial charge in [0.05, 0.1) is 12.0 Å². The molecule has 1 aromatic carbocycles. The molecule has 6 nitrogen and oxygen atoms in total. The maximum Gasteiger partial charge on any atom is 0.272 e. The third-order valence-corrected chi connectivity index (χ3v) is 4.94. The first kappa shape index (κ1) is 19.0. The number of thioether (sulfide) groups is 1. The van der Waals surface area contributed by atoms with Crippen LogP contribution in [0.5, 0.6) is 0 Å². The molecule has 0 aliphatic carbocycles. The van der Waals surface area contributed by atoms with Crippen molar-refractivity contribution in [1.82, 2.24) is 19.9 Å². The molecule has 3 aromatic rings. The first-order valence-electron chi connectivity index (χ1n) is 8.52. The van der Waals surface area contributed by atoms with Gasteiger partial charge in [0.1, 0.15) is 10.7 Å². The average molecular weight is 382 g/mol. The van der Waals surface area contributed by atoms with Gasteiger partial charge in [-0.3, -0.25) is 9.59 Å². The van der Waals surface area contributed by atoms with E-state index in [-0.39, 0.29) is 27.2 Å². The number of rotatable bonds is 3. The number of imidazole rings is 1. The van der Waals surface area contributed by atoms with Crippen molar-refractivity contribution < 1.29 is 0 Å². The van der Waals surface area contributed by atoms with Crippen molar-refractivity contribution in [2.75, 3.05) is 6.26 Å². The zero-order valence-electron chi connectivity index (χ0n) is 15.7. The van der Waals surface area contributed by atoms with Gasteiger partial charge in [-0.15, -0.1) is 11.8 Å². The molecular formula is C20H22N4O2S. The lowest BCUT2D eigenvalue weighted by Gasteiger charge is -2.16. The Balaban J connectivity index is 2.15. The summed E-state index contributed by atoms with van der Waals surface area (Å²) in [5.41, 5.74) is 1.52. The van der Waals surface area contributed by atoms with Crippen molar-refractivity contribution in [3.63, 3.8) is 0 Å². The number of benzene rings is 1. The topological polar surface area (TPSA) is 94.4 Å². The van der Waals surface area contributed by atoms with E-state index in [1.807, 2.05) is 51.3 Å². The van der Waals surface area contributed by atoms with Crippen LogP contribution in [-0.4, -0.2) is 26.2 Å². The molecule has 0 aliphatic heterocycles. The minimum Gasteiger partial charge on any atom is -0.348 e. The number of aromatic nitrogens is 4. The van der Waals surface area contributed by atoms with Gasteiger partial charge in [-0.1, -0.05) is 39.0 Å². The Morgan fingerprint density at radius 1 is 1.00 bits per heavy atom. The van der Waals surface area contributed by atoms with E-state index in [9.17, 15) is 9.59 Å². The average Bonchev–Trinajstić information content (AvgIpc) is 3.08. The Hall–Kier alpha value is -2.80. The van der Waals surface area contributed by atoms with Gasteiger partial charge < -0.3 is 15.0 Å². The van der Waals surface area contributed by atoms with E-state index in [4.69, 9.17) is 0 Å². The molecule has 0 aliphatic rings. The summed E-state index contributed by atoms with van der Waals surface area (Å²) in [7, 11) is 0. The molecule has 0 atom stereocenters. The molecule has 2 aromatic heterocycles. The summed E-state index contributed by atoms with van der Waals surface area (Å²) in [5.74, 6) is 0. The molecule has 0 amide bonds. The van der Waals surface area contributed by atoms with Crippen molar-refractivity contribution >= 4 is 23.9 Å². The van der Waals surface area contributed by atoms with Crippen molar-refractivity contribution in [2.24, 2.45) is 0 Å². The number of aromatic amines is 3. The zero-order chi connectivity index (χ0) is 19.6. The molecule has 27 heavy (non-hydrogen) atoms. The van der Waals surface area contributed by atoms with E-state index in [1.54, 1.807) is 30.2 Å². The number of hydrogen-bond acceptors (Lipinski definition) is 4. The van der Waals surface area contributed by atoms with Crippen LogP contribution in [0.4, 0.5) is 0 Å². The number of hydrogen-bond donors (Lipinski definition) is 3. The lowest BCUT2D eigenvalue weighted by Crippen LogP contribution is -2.46. The monoisotopic (exact) mass is 382 g/mol. The molecule has 0 bridgehead atoms. The van der Waals surface area contributed by atoms with Crippen LogP contribution in [-0.2, 0) is 5.41 Å². The van der Waals surface area contributed by atoms with Crippen molar-refractivity contribution in [1.29, 1.82) is 0 Å². The van der Waals surface area contributed by atoms with E-state index >= 15 is 0 Å². The van der Waals surface area contributed by atoms with Crippen LogP contribution in [0.1, 0.15) is 37.7 Å². The molecule has 3 rings (SSSR count). The van der Waals surface area contributed by atoms with Gasteiger partial charge in [0.15, 0.2) is 0 Å². The van der Waals surface area contributed by atoms with Crippen LogP contribution < -0.4 is 21.8 Å². The minimum absolute atomic E-state index is 0.162. The standard InChI is InChI=1S/C20H22N4O2S/c1-20(2,3)17-13(21-11-22-17)10-15-19(26)23-14(18(25)24-15)9-12-7-5-6-8-16(12)27-4/h5-11H,1-4H3,(H,21,22)(H,23,26)(H,24,25). The molecule has 2 heterocycles. The van der Waals surface area contributed by atoms with Gasteiger partial charge in [0.2, 0.25) is 0 Å². The summed E-state index contributed by atoms with van der Waals surface area (Å²) in [5, 5.41) is 0.393. The SMILES string of the molecule is CSc1ccccc1C=c1[nH]c(=O)c(=Cc2nc[nH]c2C(C)(C)C)[nH]c1=O. The summed E-state index contributed by atoms with van der Waals surface area (Å²) in [4.78, 5) is 38.7. The second-order valence-corrected chi connectivity index (χ2v) is 8.03. The van der Waals surface area contributed by atoms with E-state index in [1.165, 1.54) is 0 Å². The fraction of sp³-hybridized carbons (Fsp3) is 0.250. The Labute approximate surface area is 160 Å².